The molecule has 0 saturated carbocycles. The van der Waals surface area contributed by atoms with Crippen molar-refractivity contribution in [2.24, 2.45) is 0 Å². The molecule has 1 aromatic rings. The second-order valence-corrected chi connectivity index (χ2v) is 3.54. The smallest absolute Gasteiger partial charge is 0.332 e. The molecule has 0 aliphatic carbocycles. The average Bonchev–Trinajstić information content (AvgIpc) is 2.38. The summed E-state index contributed by atoms with van der Waals surface area (Å²) in [6.07, 6.45) is 1.36. The van der Waals surface area contributed by atoms with Crippen LogP contribution < -0.4 is 14.8 Å². The second-order valence-electron chi connectivity index (χ2n) is 3.54. The highest BCUT2D eigenvalue weighted by molar-refractivity contribution is 5.83. The Balaban J connectivity index is 2.90. The summed E-state index contributed by atoms with van der Waals surface area (Å²) in [4.78, 5) is 11.1. The fourth-order valence-electron chi connectivity index (χ4n) is 1.39. The van der Waals surface area contributed by atoms with E-state index in [-0.39, 0.29) is 0 Å². The lowest BCUT2D eigenvalue weighted by atomic mass is 10.2. The predicted molar refractivity (Wildman–Crippen MR) is 68.9 cm³/mol. The molecule has 0 heterocycles. The van der Waals surface area contributed by atoms with Crippen LogP contribution in [-0.2, 0) is 9.53 Å². The van der Waals surface area contributed by atoms with Crippen LogP contribution in [0.25, 0.3) is 0 Å². The molecule has 1 rings (SSSR count). The van der Waals surface area contributed by atoms with Crippen LogP contribution in [0.5, 0.6) is 11.5 Å². The van der Waals surface area contributed by atoms with E-state index in [9.17, 15) is 4.79 Å². The van der Waals surface area contributed by atoms with Gasteiger partial charge in [-0.2, -0.15) is 0 Å². The number of rotatable bonds is 5. The van der Waals surface area contributed by atoms with E-state index >= 15 is 0 Å². The number of hydrogen-bond acceptors (Lipinski definition) is 5. The van der Waals surface area contributed by atoms with Gasteiger partial charge in [0.05, 0.1) is 27.0 Å². The lowest BCUT2D eigenvalue weighted by Crippen LogP contribution is -2.03. The van der Waals surface area contributed by atoms with E-state index in [0.29, 0.717) is 17.2 Å². The highest BCUT2D eigenvalue weighted by Gasteiger charge is 2.05. The van der Waals surface area contributed by atoms with Gasteiger partial charge in [0.2, 0.25) is 0 Å². The average molecular weight is 251 g/mol. The first-order chi connectivity index (χ1) is 8.60. The highest BCUT2D eigenvalue weighted by atomic mass is 16.5. The maximum atomic E-state index is 11.1. The number of carbonyl (C=O) groups is 1. The van der Waals surface area contributed by atoms with Crippen molar-refractivity contribution in [3.63, 3.8) is 0 Å². The van der Waals surface area contributed by atoms with Crippen LogP contribution in [0.1, 0.15) is 6.92 Å². The topological polar surface area (TPSA) is 56.8 Å². The third kappa shape index (κ3) is 3.69. The molecular weight excluding hydrogens is 234 g/mol. The minimum Gasteiger partial charge on any atom is -0.497 e. The summed E-state index contributed by atoms with van der Waals surface area (Å²) in [5.41, 5.74) is 1.40. The maximum Gasteiger partial charge on any atom is 0.332 e. The number of hydrogen-bond donors (Lipinski definition) is 1. The Labute approximate surface area is 106 Å². The fraction of sp³-hybridized carbons (Fsp3) is 0.308. The first kappa shape index (κ1) is 13.9. The van der Waals surface area contributed by atoms with Gasteiger partial charge < -0.3 is 19.5 Å². The summed E-state index contributed by atoms with van der Waals surface area (Å²) in [5.74, 6) is 0.923. The summed E-state index contributed by atoms with van der Waals surface area (Å²) in [6, 6.07) is 5.37. The Kier molecular flexibility index (Phi) is 5.05. The van der Waals surface area contributed by atoms with Crippen LogP contribution >= 0.6 is 0 Å². The molecule has 0 spiro atoms. The molecule has 0 aliphatic heterocycles. The Hall–Kier alpha value is -2.17. The van der Waals surface area contributed by atoms with Gasteiger partial charge >= 0.3 is 5.97 Å². The molecule has 0 bridgehead atoms. The summed E-state index contributed by atoms with van der Waals surface area (Å²) >= 11 is 0. The van der Waals surface area contributed by atoms with Crippen molar-refractivity contribution >= 4 is 11.7 Å². The highest BCUT2D eigenvalue weighted by Crippen LogP contribution is 2.29. The molecule has 98 valence electrons. The lowest BCUT2D eigenvalue weighted by Gasteiger charge is -2.12. The quantitative estimate of drug-likeness (QED) is 0.642. The van der Waals surface area contributed by atoms with Gasteiger partial charge in [-0.05, 0) is 19.1 Å². The second kappa shape index (κ2) is 6.54. The van der Waals surface area contributed by atoms with Crippen LogP contribution in [0.4, 0.5) is 5.69 Å². The molecule has 0 saturated heterocycles. The molecule has 0 aliphatic rings. The van der Waals surface area contributed by atoms with E-state index in [1.807, 2.05) is 6.07 Å². The molecule has 5 heteroatoms. The van der Waals surface area contributed by atoms with E-state index in [0.717, 1.165) is 5.69 Å². The third-order valence-corrected chi connectivity index (χ3v) is 2.28. The Morgan fingerprint density at radius 3 is 2.50 bits per heavy atom. The zero-order valence-corrected chi connectivity index (χ0v) is 10.9. The predicted octanol–water partition coefficient (Wildman–Crippen LogP) is 2.19. The largest absolute Gasteiger partial charge is 0.497 e. The van der Waals surface area contributed by atoms with Crippen molar-refractivity contribution in [1.29, 1.82) is 0 Å². The maximum absolute atomic E-state index is 11.1. The molecule has 1 N–H and O–H groups in total. The molecule has 0 radical (unpaired) electrons. The number of benzene rings is 1. The van der Waals surface area contributed by atoms with Crippen molar-refractivity contribution in [2.75, 3.05) is 26.6 Å². The minimum atomic E-state index is -0.410. The van der Waals surface area contributed by atoms with Gasteiger partial charge in [0.15, 0.2) is 0 Å². The molecule has 5 nitrogen and oxygen atoms in total. The van der Waals surface area contributed by atoms with Crippen LogP contribution in [0.3, 0.4) is 0 Å². The van der Waals surface area contributed by atoms with E-state index < -0.39 is 5.97 Å². The van der Waals surface area contributed by atoms with Gasteiger partial charge in [-0.25, -0.2) is 4.79 Å². The van der Waals surface area contributed by atoms with E-state index in [1.165, 1.54) is 13.2 Å². The van der Waals surface area contributed by atoms with Gasteiger partial charge in [0, 0.05) is 17.8 Å². The zero-order valence-electron chi connectivity index (χ0n) is 10.9. The monoisotopic (exact) mass is 251 g/mol. The number of methoxy groups -OCH3 is 3. The van der Waals surface area contributed by atoms with Crippen molar-refractivity contribution in [1.82, 2.24) is 0 Å². The van der Waals surface area contributed by atoms with Crippen molar-refractivity contribution < 1.29 is 19.0 Å². The summed E-state index contributed by atoms with van der Waals surface area (Å²) < 4.78 is 14.9. The van der Waals surface area contributed by atoms with Gasteiger partial charge in [-0.15, -0.1) is 0 Å². The third-order valence-electron chi connectivity index (χ3n) is 2.28. The van der Waals surface area contributed by atoms with Crippen molar-refractivity contribution in [2.45, 2.75) is 6.92 Å². The number of allylic oxidation sites excluding steroid dienone is 1. The SMILES string of the molecule is COC(=O)/C=C(\C)Nc1ccc(OC)cc1OC. The molecule has 18 heavy (non-hydrogen) atoms. The van der Waals surface area contributed by atoms with E-state index in [1.54, 1.807) is 33.3 Å². The van der Waals surface area contributed by atoms with E-state index in [4.69, 9.17) is 9.47 Å². The van der Waals surface area contributed by atoms with Gasteiger partial charge in [-0.3, -0.25) is 0 Å². The Morgan fingerprint density at radius 1 is 1.22 bits per heavy atom. The molecule has 0 fully saturated rings. The first-order valence-electron chi connectivity index (χ1n) is 5.36. The standard InChI is InChI=1S/C13H17NO4/c1-9(7-13(15)18-4)14-11-6-5-10(16-2)8-12(11)17-3/h5-8,14H,1-4H3/b9-7+. The number of ether oxygens (including phenoxy) is 3. The van der Waals surface area contributed by atoms with Gasteiger partial charge in [-0.1, -0.05) is 0 Å². The molecule has 0 unspecified atom stereocenters. The number of nitrogens with one attached hydrogen (secondary N) is 1. The van der Waals surface area contributed by atoms with Gasteiger partial charge in [0.1, 0.15) is 11.5 Å². The first-order valence-corrected chi connectivity index (χ1v) is 5.36. The van der Waals surface area contributed by atoms with Crippen LogP contribution in [0.15, 0.2) is 30.0 Å². The summed E-state index contributed by atoms with van der Waals surface area (Å²) in [5, 5.41) is 3.06. The molecule has 0 atom stereocenters. The Morgan fingerprint density at radius 2 is 1.94 bits per heavy atom. The molecular formula is C13H17NO4. The molecule has 0 aromatic heterocycles. The van der Waals surface area contributed by atoms with Crippen molar-refractivity contribution in [3.8, 4) is 11.5 Å². The zero-order chi connectivity index (χ0) is 13.5. The Bertz CT molecular complexity index is 454. The normalized spacial score (nSPS) is 10.8. The fourth-order valence-corrected chi connectivity index (χ4v) is 1.39. The summed E-state index contributed by atoms with van der Waals surface area (Å²) in [7, 11) is 4.49. The minimum absolute atomic E-state index is 0.410. The number of esters is 1. The van der Waals surface area contributed by atoms with Crippen molar-refractivity contribution in [3.05, 3.63) is 30.0 Å². The van der Waals surface area contributed by atoms with Gasteiger partial charge in [0.25, 0.3) is 0 Å². The van der Waals surface area contributed by atoms with E-state index in [2.05, 4.69) is 10.1 Å². The van der Waals surface area contributed by atoms with Crippen LogP contribution in [-0.4, -0.2) is 27.3 Å². The molecule has 0 amide bonds. The van der Waals surface area contributed by atoms with Crippen LogP contribution in [0, 0.1) is 0 Å². The van der Waals surface area contributed by atoms with Crippen LogP contribution in [0.2, 0.25) is 0 Å². The lowest BCUT2D eigenvalue weighted by molar-refractivity contribution is -0.134. The number of carbonyl (C=O) groups excluding carboxylic acids is 1. The summed E-state index contributed by atoms with van der Waals surface area (Å²) in [6.45, 7) is 1.76. The number of anilines is 1. The molecule has 1 aromatic carbocycles.